The van der Waals surface area contributed by atoms with Crippen molar-refractivity contribution in [1.29, 1.82) is 0 Å². The number of rotatable bonds is 5. The summed E-state index contributed by atoms with van der Waals surface area (Å²) in [7, 11) is 1.98. The van der Waals surface area contributed by atoms with Gasteiger partial charge in [-0.05, 0) is 38.6 Å². The Balaban J connectivity index is 2.46. The molecule has 0 saturated carbocycles. The third kappa shape index (κ3) is 4.79. The Labute approximate surface area is 119 Å². The molecule has 0 aromatic heterocycles. The number of carbonyl (C=O) groups is 1. The van der Waals surface area contributed by atoms with Gasteiger partial charge in [-0.3, -0.25) is 4.79 Å². The van der Waals surface area contributed by atoms with Gasteiger partial charge in [-0.1, -0.05) is 27.7 Å². The highest BCUT2D eigenvalue weighted by Crippen LogP contribution is 2.22. The lowest BCUT2D eigenvalue weighted by Crippen LogP contribution is -2.50. The predicted octanol–water partition coefficient (Wildman–Crippen LogP) is 3.00. The first-order chi connectivity index (χ1) is 8.82. The molecular weight excluding hydrogens is 236 g/mol. The summed E-state index contributed by atoms with van der Waals surface area (Å²) in [6.07, 6.45) is 3.51. The first kappa shape index (κ1) is 16.5. The molecule has 1 aliphatic rings. The topological polar surface area (TPSA) is 23.6 Å². The monoisotopic (exact) mass is 268 g/mol. The van der Waals surface area contributed by atoms with Crippen LogP contribution < -0.4 is 0 Å². The standard InChI is InChI=1S/C16H32N2O/c1-12(2)7-9-18-10-8-15(11-14(18)5)17(6)16(19)13(3)4/h12-15H,7-11H2,1-6H3/t14-,15+/m1/s1. The van der Waals surface area contributed by atoms with Crippen LogP contribution in [-0.4, -0.2) is 47.9 Å². The molecule has 1 heterocycles. The highest BCUT2D eigenvalue weighted by molar-refractivity contribution is 5.78. The van der Waals surface area contributed by atoms with Gasteiger partial charge in [0.2, 0.25) is 5.91 Å². The van der Waals surface area contributed by atoms with Crippen molar-refractivity contribution in [3.63, 3.8) is 0 Å². The van der Waals surface area contributed by atoms with E-state index in [1.807, 2.05) is 25.8 Å². The van der Waals surface area contributed by atoms with Crippen molar-refractivity contribution in [2.75, 3.05) is 20.1 Å². The van der Waals surface area contributed by atoms with Gasteiger partial charge in [-0.2, -0.15) is 0 Å². The summed E-state index contributed by atoms with van der Waals surface area (Å²) >= 11 is 0. The van der Waals surface area contributed by atoms with E-state index in [0.717, 1.165) is 25.3 Å². The van der Waals surface area contributed by atoms with Gasteiger partial charge in [0.1, 0.15) is 0 Å². The van der Waals surface area contributed by atoms with E-state index in [4.69, 9.17) is 0 Å². The van der Waals surface area contributed by atoms with E-state index in [-0.39, 0.29) is 11.8 Å². The molecular formula is C16H32N2O. The van der Waals surface area contributed by atoms with E-state index >= 15 is 0 Å². The minimum atomic E-state index is 0.110. The molecule has 1 rings (SSSR count). The van der Waals surface area contributed by atoms with Gasteiger partial charge >= 0.3 is 0 Å². The van der Waals surface area contributed by atoms with E-state index in [2.05, 4.69) is 25.7 Å². The Hall–Kier alpha value is -0.570. The first-order valence-electron chi connectivity index (χ1n) is 7.83. The van der Waals surface area contributed by atoms with E-state index in [1.165, 1.54) is 13.0 Å². The molecule has 3 nitrogen and oxygen atoms in total. The molecule has 3 heteroatoms. The van der Waals surface area contributed by atoms with Crippen LogP contribution in [0.2, 0.25) is 0 Å². The van der Waals surface area contributed by atoms with Crippen LogP contribution in [-0.2, 0) is 4.79 Å². The Morgan fingerprint density at radius 2 is 1.95 bits per heavy atom. The van der Waals surface area contributed by atoms with Crippen LogP contribution in [0.1, 0.15) is 53.9 Å². The van der Waals surface area contributed by atoms with Gasteiger partial charge in [-0.15, -0.1) is 0 Å². The SMILES string of the molecule is CC(C)CCN1CC[C@H](N(C)C(=O)C(C)C)C[C@H]1C. The van der Waals surface area contributed by atoms with Gasteiger partial charge in [0.25, 0.3) is 0 Å². The largest absolute Gasteiger partial charge is 0.342 e. The molecule has 2 atom stereocenters. The van der Waals surface area contributed by atoms with Crippen LogP contribution in [0, 0.1) is 11.8 Å². The highest BCUT2D eigenvalue weighted by Gasteiger charge is 2.30. The molecule has 112 valence electrons. The summed E-state index contributed by atoms with van der Waals surface area (Å²) in [6.45, 7) is 13.2. The van der Waals surface area contributed by atoms with Gasteiger partial charge in [0, 0.05) is 31.6 Å². The molecule has 1 saturated heterocycles. The van der Waals surface area contributed by atoms with Crippen molar-refractivity contribution in [1.82, 2.24) is 9.80 Å². The number of amides is 1. The second kappa shape index (κ2) is 7.28. The summed E-state index contributed by atoms with van der Waals surface area (Å²) in [5, 5.41) is 0. The smallest absolute Gasteiger partial charge is 0.225 e. The molecule has 0 spiro atoms. The van der Waals surface area contributed by atoms with Crippen LogP contribution in [0.25, 0.3) is 0 Å². The van der Waals surface area contributed by atoms with Crippen LogP contribution in [0.4, 0.5) is 0 Å². The van der Waals surface area contributed by atoms with Crippen molar-refractivity contribution >= 4 is 5.91 Å². The molecule has 0 radical (unpaired) electrons. The van der Waals surface area contributed by atoms with Crippen LogP contribution in [0.3, 0.4) is 0 Å². The molecule has 0 bridgehead atoms. The highest BCUT2D eigenvalue weighted by atomic mass is 16.2. The van der Waals surface area contributed by atoms with E-state index in [1.54, 1.807) is 0 Å². The quantitative estimate of drug-likeness (QED) is 0.765. The number of hydrogen-bond donors (Lipinski definition) is 0. The zero-order valence-electron chi connectivity index (χ0n) is 13.6. The zero-order chi connectivity index (χ0) is 14.6. The maximum atomic E-state index is 12.1. The number of carbonyl (C=O) groups excluding carboxylic acids is 1. The minimum absolute atomic E-state index is 0.110. The molecule has 19 heavy (non-hydrogen) atoms. The minimum Gasteiger partial charge on any atom is -0.342 e. The summed E-state index contributed by atoms with van der Waals surface area (Å²) in [6, 6.07) is 1.03. The number of hydrogen-bond acceptors (Lipinski definition) is 2. The molecule has 0 unspecified atom stereocenters. The zero-order valence-corrected chi connectivity index (χ0v) is 13.6. The molecule has 0 aromatic carbocycles. The maximum absolute atomic E-state index is 12.1. The van der Waals surface area contributed by atoms with Gasteiger partial charge in [-0.25, -0.2) is 0 Å². The number of nitrogens with zero attached hydrogens (tertiary/aromatic N) is 2. The lowest BCUT2D eigenvalue weighted by Gasteiger charge is -2.41. The fourth-order valence-corrected chi connectivity index (χ4v) is 2.89. The fourth-order valence-electron chi connectivity index (χ4n) is 2.89. The number of likely N-dealkylation sites (tertiary alicyclic amines) is 1. The third-order valence-electron chi connectivity index (χ3n) is 4.37. The summed E-state index contributed by atoms with van der Waals surface area (Å²) < 4.78 is 0. The van der Waals surface area contributed by atoms with Crippen molar-refractivity contribution in [3.8, 4) is 0 Å². The average Bonchev–Trinajstić information content (AvgIpc) is 2.35. The van der Waals surface area contributed by atoms with E-state index in [9.17, 15) is 4.79 Å². The van der Waals surface area contributed by atoms with Gasteiger partial charge in [0.15, 0.2) is 0 Å². The first-order valence-corrected chi connectivity index (χ1v) is 7.83. The molecule has 1 amide bonds. The second-order valence-electron chi connectivity index (χ2n) is 6.85. The Bertz CT molecular complexity index is 288. The molecule has 0 N–H and O–H groups in total. The Morgan fingerprint density at radius 3 is 2.42 bits per heavy atom. The van der Waals surface area contributed by atoms with Crippen LogP contribution in [0.15, 0.2) is 0 Å². The van der Waals surface area contributed by atoms with Crippen LogP contribution in [0.5, 0.6) is 0 Å². The van der Waals surface area contributed by atoms with Crippen molar-refractivity contribution in [2.24, 2.45) is 11.8 Å². The third-order valence-corrected chi connectivity index (χ3v) is 4.37. The van der Waals surface area contributed by atoms with Crippen molar-refractivity contribution in [2.45, 2.75) is 66.0 Å². The fraction of sp³-hybridized carbons (Fsp3) is 0.938. The normalized spacial score (nSPS) is 25.1. The lowest BCUT2D eigenvalue weighted by molar-refractivity contribution is -0.136. The Kier molecular flexibility index (Phi) is 6.31. The predicted molar refractivity (Wildman–Crippen MR) is 81.1 cm³/mol. The molecule has 1 fully saturated rings. The molecule has 0 aliphatic carbocycles. The van der Waals surface area contributed by atoms with Crippen molar-refractivity contribution < 1.29 is 4.79 Å². The van der Waals surface area contributed by atoms with Crippen LogP contribution >= 0.6 is 0 Å². The summed E-state index contributed by atoms with van der Waals surface area (Å²) in [5.41, 5.74) is 0. The second-order valence-corrected chi connectivity index (χ2v) is 6.85. The Morgan fingerprint density at radius 1 is 1.32 bits per heavy atom. The average molecular weight is 268 g/mol. The number of piperidine rings is 1. The maximum Gasteiger partial charge on any atom is 0.225 e. The van der Waals surface area contributed by atoms with E-state index in [0.29, 0.717) is 12.1 Å². The summed E-state index contributed by atoms with van der Waals surface area (Å²) in [4.78, 5) is 16.6. The summed E-state index contributed by atoms with van der Waals surface area (Å²) in [5.74, 6) is 1.17. The molecule has 0 aromatic rings. The lowest BCUT2D eigenvalue weighted by atomic mass is 9.95. The van der Waals surface area contributed by atoms with E-state index < -0.39 is 0 Å². The van der Waals surface area contributed by atoms with Crippen molar-refractivity contribution in [3.05, 3.63) is 0 Å². The molecule has 1 aliphatic heterocycles. The van der Waals surface area contributed by atoms with Gasteiger partial charge in [0.05, 0.1) is 0 Å². The van der Waals surface area contributed by atoms with Gasteiger partial charge < -0.3 is 9.80 Å².